The van der Waals surface area contributed by atoms with Gasteiger partial charge in [0.15, 0.2) is 0 Å². The molecule has 0 aliphatic heterocycles. The molecule has 0 bridgehead atoms. The van der Waals surface area contributed by atoms with Crippen molar-refractivity contribution in [1.29, 1.82) is 0 Å². The number of anilines is 1. The lowest BCUT2D eigenvalue weighted by Crippen LogP contribution is -2.37. The fourth-order valence-electron chi connectivity index (χ4n) is 1.92. The van der Waals surface area contributed by atoms with Gasteiger partial charge in [-0.15, -0.1) is 0 Å². The highest BCUT2D eigenvalue weighted by Crippen LogP contribution is 2.30. The zero-order valence-corrected chi connectivity index (χ0v) is 11.6. The minimum atomic E-state index is -4.53. The minimum absolute atomic E-state index is 0.0506. The van der Waals surface area contributed by atoms with Crippen LogP contribution < -0.4 is 16.0 Å². The van der Waals surface area contributed by atoms with Gasteiger partial charge in [-0.1, -0.05) is 6.07 Å². The zero-order chi connectivity index (χ0) is 15.6. The zero-order valence-electron chi connectivity index (χ0n) is 11.6. The average Bonchev–Trinajstić information content (AvgIpc) is 3.20. The van der Waals surface area contributed by atoms with Gasteiger partial charge in [0.05, 0.1) is 6.54 Å². The molecule has 1 saturated carbocycles. The first kappa shape index (κ1) is 15.6. The molecule has 1 amide bonds. The van der Waals surface area contributed by atoms with Crippen LogP contribution in [0.4, 0.5) is 19.0 Å². The summed E-state index contributed by atoms with van der Waals surface area (Å²) in [6.07, 6.45) is -2.63. The highest BCUT2D eigenvalue weighted by molar-refractivity contribution is 5.81. The number of halogens is 3. The molecule has 1 aromatic rings. The highest BCUT2D eigenvalue weighted by Gasteiger charge is 2.33. The number of nitrogens with one attached hydrogen (secondary N) is 1. The quantitative estimate of drug-likeness (QED) is 0.859. The standard InChI is InChI=1S/C13H17F3N4O/c1-20(7-11(21)18-9-3-4-9)12-8(6-17)2-5-10(19-12)13(14,15)16/h2,5,9H,3-4,6-7,17H2,1H3,(H,18,21). The number of likely N-dealkylation sites (N-methyl/N-ethyl adjacent to an activating group) is 1. The van der Waals surface area contributed by atoms with E-state index >= 15 is 0 Å². The van der Waals surface area contributed by atoms with Crippen LogP contribution >= 0.6 is 0 Å². The molecule has 116 valence electrons. The molecule has 5 nitrogen and oxygen atoms in total. The van der Waals surface area contributed by atoms with E-state index in [0.717, 1.165) is 18.9 Å². The van der Waals surface area contributed by atoms with Crippen LogP contribution in [0.3, 0.4) is 0 Å². The second-order valence-electron chi connectivity index (χ2n) is 5.08. The molecule has 0 atom stereocenters. The number of nitrogens with zero attached hydrogens (tertiary/aromatic N) is 2. The second kappa shape index (κ2) is 5.88. The maximum atomic E-state index is 12.7. The van der Waals surface area contributed by atoms with Gasteiger partial charge in [-0.05, 0) is 18.9 Å². The van der Waals surface area contributed by atoms with Gasteiger partial charge in [0.1, 0.15) is 11.5 Å². The molecule has 2 rings (SSSR count). The van der Waals surface area contributed by atoms with Crippen molar-refractivity contribution in [2.75, 3.05) is 18.5 Å². The Hall–Kier alpha value is -1.83. The molecular weight excluding hydrogens is 285 g/mol. The fourth-order valence-corrected chi connectivity index (χ4v) is 1.92. The number of alkyl halides is 3. The Morgan fingerprint density at radius 3 is 2.67 bits per heavy atom. The highest BCUT2D eigenvalue weighted by atomic mass is 19.4. The van der Waals surface area contributed by atoms with E-state index in [2.05, 4.69) is 10.3 Å². The molecule has 0 unspecified atom stereocenters. The topological polar surface area (TPSA) is 71.2 Å². The van der Waals surface area contributed by atoms with Gasteiger partial charge in [0.25, 0.3) is 0 Å². The van der Waals surface area contributed by atoms with E-state index in [1.165, 1.54) is 18.0 Å². The largest absolute Gasteiger partial charge is 0.433 e. The lowest BCUT2D eigenvalue weighted by Gasteiger charge is -2.21. The molecule has 0 aromatic carbocycles. The van der Waals surface area contributed by atoms with E-state index in [-0.39, 0.29) is 30.9 Å². The number of rotatable bonds is 5. The lowest BCUT2D eigenvalue weighted by molar-refractivity contribution is -0.141. The van der Waals surface area contributed by atoms with E-state index < -0.39 is 11.9 Å². The van der Waals surface area contributed by atoms with E-state index in [1.807, 2.05) is 0 Å². The normalized spacial score (nSPS) is 14.9. The van der Waals surface area contributed by atoms with Crippen LogP contribution in [0.25, 0.3) is 0 Å². The molecule has 21 heavy (non-hydrogen) atoms. The molecule has 1 fully saturated rings. The van der Waals surface area contributed by atoms with Gasteiger partial charge in [-0.2, -0.15) is 13.2 Å². The summed E-state index contributed by atoms with van der Waals surface area (Å²) in [7, 11) is 1.52. The molecule has 1 heterocycles. The van der Waals surface area contributed by atoms with Crippen LogP contribution in [0.2, 0.25) is 0 Å². The first-order chi connectivity index (χ1) is 9.81. The van der Waals surface area contributed by atoms with Crippen LogP contribution in [0.15, 0.2) is 12.1 Å². The molecule has 1 aromatic heterocycles. The van der Waals surface area contributed by atoms with Crippen molar-refractivity contribution >= 4 is 11.7 Å². The Morgan fingerprint density at radius 2 is 2.14 bits per heavy atom. The minimum Gasteiger partial charge on any atom is -0.352 e. The van der Waals surface area contributed by atoms with Gasteiger partial charge in [-0.25, -0.2) is 4.98 Å². The molecule has 1 aliphatic carbocycles. The number of hydrogen-bond acceptors (Lipinski definition) is 4. The Labute approximate surface area is 120 Å². The smallest absolute Gasteiger partial charge is 0.352 e. The maximum absolute atomic E-state index is 12.7. The Morgan fingerprint density at radius 1 is 1.48 bits per heavy atom. The van der Waals surface area contributed by atoms with Crippen molar-refractivity contribution < 1.29 is 18.0 Å². The summed E-state index contributed by atoms with van der Waals surface area (Å²) in [5, 5.41) is 2.77. The number of amides is 1. The predicted octanol–water partition coefficient (Wildman–Crippen LogP) is 1.27. The number of hydrogen-bond donors (Lipinski definition) is 2. The molecular formula is C13H17F3N4O. The lowest BCUT2D eigenvalue weighted by atomic mass is 10.2. The first-order valence-corrected chi connectivity index (χ1v) is 6.59. The van der Waals surface area contributed by atoms with Crippen molar-refractivity contribution in [1.82, 2.24) is 10.3 Å². The van der Waals surface area contributed by atoms with Gasteiger partial charge in [-0.3, -0.25) is 4.79 Å². The van der Waals surface area contributed by atoms with Crippen LogP contribution in [0, 0.1) is 0 Å². The fraction of sp³-hybridized carbons (Fsp3) is 0.538. The van der Waals surface area contributed by atoms with Gasteiger partial charge < -0.3 is 16.0 Å². The summed E-state index contributed by atoms with van der Waals surface area (Å²) in [5.74, 6) is -0.152. The van der Waals surface area contributed by atoms with E-state index in [9.17, 15) is 18.0 Å². The Balaban J connectivity index is 2.16. The Bertz CT molecular complexity index is 529. The third-order valence-corrected chi connectivity index (χ3v) is 3.15. The average molecular weight is 302 g/mol. The summed E-state index contributed by atoms with van der Waals surface area (Å²) in [4.78, 5) is 16.7. The van der Waals surface area contributed by atoms with Crippen molar-refractivity contribution in [3.05, 3.63) is 23.4 Å². The van der Waals surface area contributed by atoms with Crippen LogP contribution in [-0.2, 0) is 17.5 Å². The Kier molecular flexibility index (Phi) is 4.36. The monoisotopic (exact) mass is 302 g/mol. The van der Waals surface area contributed by atoms with Gasteiger partial charge in [0, 0.05) is 25.2 Å². The van der Waals surface area contributed by atoms with E-state index in [0.29, 0.717) is 5.56 Å². The van der Waals surface area contributed by atoms with Crippen LogP contribution in [0.1, 0.15) is 24.1 Å². The third-order valence-electron chi connectivity index (χ3n) is 3.15. The first-order valence-electron chi connectivity index (χ1n) is 6.59. The maximum Gasteiger partial charge on any atom is 0.433 e. The number of nitrogens with two attached hydrogens (primary N) is 1. The summed E-state index contributed by atoms with van der Waals surface area (Å²) in [6, 6.07) is 2.39. The molecule has 3 N–H and O–H groups in total. The van der Waals surface area contributed by atoms with Crippen molar-refractivity contribution in [2.24, 2.45) is 5.73 Å². The van der Waals surface area contributed by atoms with Crippen molar-refractivity contribution in [3.8, 4) is 0 Å². The number of carbonyl (C=O) groups is 1. The van der Waals surface area contributed by atoms with E-state index in [4.69, 9.17) is 5.73 Å². The van der Waals surface area contributed by atoms with Crippen LogP contribution in [0.5, 0.6) is 0 Å². The molecule has 0 spiro atoms. The molecule has 0 saturated heterocycles. The number of pyridine rings is 1. The third kappa shape index (κ3) is 4.07. The van der Waals surface area contributed by atoms with Crippen molar-refractivity contribution in [3.63, 3.8) is 0 Å². The van der Waals surface area contributed by atoms with Crippen LogP contribution in [-0.4, -0.2) is 30.5 Å². The van der Waals surface area contributed by atoms with Crippen molar-refractivity contribution in [2.45, 2.75) is 31.6 Å². The van der Waals surface area contributed by atoms with E-state index in [1.54, 1.807) is 0 Å². The second-order valence-corrected chi connectivity index (χ2v) is 5.08. The summed E-state index contributed by atoms with van der Waals surface area (Å²) >= 11 is 0. The summed E-state index contributed by atoms with van der Waals surface area (Å²) in [6.45, 7) is -0.00708. The molecule has 1 aliphatic rings. The van der Waals surface area contributed by atoms with Gasteiger partial charge >= 0.3 is 6.18 Å². The summed E-state index contributed by atoms with van der Waals surface area (Å²) in [5.41, 5.74) is 4.99. The summed E-state index contributed by atoms with van der Waals surface area (Å²) < 4.78 is 38.2. The van der Waals surface area contributed by atoms with Gasteiger partial charge in [0.2, 0.25) is 5.91 Å². The molecule has 0 radical (unpaired) electrons. The predicted molar refractivity (Wildman–Crippen MR) is 71.6 cm³/mol. The molecule has 8 heteroatoms. The number of aromatic nitrogens is 1. The SMILES string of the molecule is CN(CC(=O)NC1CC1)c1nc(C(F)(F)F)ccc1CN. The number of carbonyl (C=O) groups excluding carboxylic acids is 1.